The van der Waals surface area contributed by atoms with Gasteiger partial charge in [-0.25, -0.2) is 0 Å². The van der Waals surface area contributed by atoms with Crippen molar-refractivity contribution in [2.75, 3.05) is 13.1 Å². The zero-order chi connectivity index (χ0) is 12.8. The van der Waals surface area contributed by atoms with Gasteiger partial charge >= 0.3 is 0 Å². The Bertz CT molecular complexity index is 174. The fourth-order valence-corrected chi connectivity index (χ4v) is 1.66. The molecule has 0 aliphatic rings. The first-order valence-electron chi connectivity index (χ1n) is 6.83. The summed E-state index contributed by atoms with van der Waals surface area (Å²) < 4.78 is 0. The quantitative estimate of drug-likeness (QED) is 0.633. The molecule has 0 bridgehead atoms. The van der Waals surface area contributed by atoms with Crippen molar-refractivity contribution < 1.29 is 0 Å². The molecule has 0 fully saturated rings. The molecule has 0 aromatic carbocycles. The van der Waals surface area contributed by atoms with Crippen molar-refractivity contribution in [2.45, 2.75) is 67.7 Å². The fraction of sp³-hybridized carbons (Fsp3) is 1.00. The molecular formula is C15H33N. The third-order valence-corrected chi connectivity index (χ3v) is 3.08. The lowest BCUT2D eigenvalue weighted by molar-refractivity contribution is 0.238. The van der Waals surface area contributed by atoms with Crippen LogP contribution in [0.4, 0.5) is 0 Å². The van der Waals surface area contributed by atoms with Gasteiger partial charge in [-0.3, -0.25) is 0 Å². The molecule has 0 aromatic rings. The molecule has 0 heterocycles. The van der Waals surface area contributed by atoms with Crippen LogP contribution in [0.5, 0.6) is 0 Å². The van der Waals surface area contributed by atoms with Crippen molar-refractivity contribution in [3.05, 3.63) is 0 Å². The maximum Gasteiger partial charge on any atom is -0.00258 e. The van der Waals surface area contributed by atoms with E-state index in [-0.39, 0.29) is 0 Å². The largest absolute Gasteiger partial charge is 0.316 e. The van der Waals surface area contributed by atoms with Crippen LogP contribution < -0.4 is 5.32 Å². The van der Waals surface area contributed by atoms with Crippen molar-refractivity contribution in [1.82, 2.24) is 5.32 Å². The van der Waals surface area contributed by atoms with Gasteiger partial charge in [0.25, 0.3) is 0 Å². The zero-order valence-corrected chi connectivity index (χ0v) is 12.6. The lowest BCUT2D eigenvalue weighted by atomic mass is 9.78. The maximum atomic E-state index is 3.54. The van der Waals surface area contributed by atoms with Crippen LogP contribution >= 0.6 is 0 Å². The molecule has 98 valence electrons. The highest BCUT2D eigenvalue weighted by Gasteiger charge is 2.20. The van der Waals surface area contributed by atoms with E-state index >= 15 is 0 Å². The Morgan fingerprint density at radius 2 is 1.44 bits per heavy atom. The molecule has 0 aliphatic heterocycles. The molecule has 0 radical (unpaired) electrons. The van der Waals surface area contributed by atoms with Crippen LogP contribution in [0.15, 0.2) is 0 Å². The fourth-order valence-electron chi connectivity index (χ4n) is 1.66. The van der Waals surface area contributed by atoms with E-state index in [9.17, 15) is 0 Å². The number of rotatable bonds is 7. The topological polar surface area (TPSA) is 12.0 Å². The summed E-state index contributed by atoms with van der Waals surface area (Å²) in [5.41, 5.74) is 0.958. The molecule has 0 rings (SSSR count). The van der Waals surface area contributed by atoms with E-state index in [1.807, 2.05) is 0 Å². The van der Waals surface area contributed by atoms with E-state index in [4.69, 9.17) is 0 Å². The van der Waals surface area contributed by atoms with Crippen LogP contribution in [-0.4, -0.2) is 13.1 Å². The van der Waals surface area contributed by atoms with Gasteiger partial charge in [-0.1, -0.05) is 48.5 Å². The van der Waals surface area contributed by atoms with Gasteiger partial charge in [0.05, 0.1) is 0 Å². The molecule has 0 saturated carbocycles. The molecule has 1 N–H and O–H groups in total. The third kappa shape index (κ3) is 10.5. The first kappa shape index (κ1) is 16.0. The van der Waals surface area contributed by atoms with Crippen molar-refractivity contribution in [3.8, 4) is 0 Å². The summed E-state index contributed by atoms with van der Waals surface area (Å²) in [6.45, 7) is 18.6. The first-order chi connectivity index (χ1) is 7.12. The summed E-state index contributed by atoms with van der Waals surface area (Å²) in [4.78, 5) is 0. The van der Waals surface area contributed by atoms with Gasteiger partial charge < -0.3 is 5.32 Å². The zero-order valence-electron chi connectivity index (χ0n) is 12.6. The highest BCUT2D eigenvalue weighted by Crippen LogP contribution is 2.32. The van der Waals surface area contributed by atoms with Crippen molar-refractivity contribution >= 4 is 0 Å². The summed E-state index contributed by atoms with van der Waals surface area (Å²) in [6.07, 6.45) is 3.94. The van der Waals surface area contributed by atoms with Crippen LogP contribution in [0.3, 0.4) is 0 Å². The van der Waals surface area contributed by atoms with Gasteiger partial charge in [-0.05, 0) is 49.1 Å². The second kappa shape index (κ2) is 6.64. The molecule has 0 amide bonds. The van der Waals surface area contributed by atoms with E-state index in [1.54, 1.807) is 0 Å². The van der Waals surface area contributed by atoms with E-state index in [0.29, 0.717) is 10.8 Å². The Kier molecular flexibility index (Phi) is 6.62. The third-order valence-electron chi connectivity index (χ3n) is 3.08. The summed E-state index contributed by atoms with van der Waals surface area (Å²) in [5, 5.41) is 3.54. The molecule has 16 heavy (non-hydrogen) atoms. The summed E-state index contributed by atoms with van der Waals surface area (Å²) in [5.74, 6) is 0.762. The summed E-state index contributed by atoms with van der Waals surface area (Å²) >= 11 is 0. The Labute approximate surface area is 103 Å². The van der Waals surface area contributed by atoms with E-state index in [1.165, 1.54) is 19.3 Å². The van der Waals surface area contributed by atoms with Gasteiger partial charge in [0.1, 0.15) is 0 Å². The standard InChI is InChI=1S/C15H33N/c1-13(2)12-16-11-10-15(6,7)9-8-14(3,4)5/h13,16H,8-12H2,1-7H3. The Balaban J connectivity index is 3.70. The van der Waals surface area contributed by atoms with Gasteiger partial charge in [-0.2, -0.15) is 0 Å². The minimum atomic E-state index is 0.475. The number of hydrogen-bond donors (Lipinski definition) is 1. The summed E-state index contributed by atoms with van der Waals surface area (Å²) in [7, 11) is 0. The molecule has 1 nitrogen and oxygen atoms in total. The van der Waals surface area contributed by atoms with Gasteiger partial charge in [0.15, 0.2) is 0 Å². The molecule has 0 aliphatic carbocycles. The predicted octanol–water partition coefficient (Wildman–Crippen LogP) is 4.47. The molecule has 0 aromatic heterocycles. The second-order valence-corrected chi connectivity index (χ2v) is 7.57. The Morgan fingerprint density at radius 3 is 1.88 bits per heavy atom. The predicted molar refractivity (Wildman–Crippen MR) is 74.8 cm³/mol. The minimum Gasteiger partial charge on any atom is -0.316 e. The minimum absolute atomic E-state index is 0.475. The average Bonchev–Trinajstić information content (AvgIpc) is 2.08. The lowest BCUT2D eigenvalue weighted by Crippen LogP contribution is -2.26. The lowest BCUT2D eigenvalue weighted by Gasteiger charge is -2.29. The highest BCUT2D eigenvalue weighted by molar-refractivity contribution is 4.74. The SMILES string of the molecule is CC(C)CNCCC(C)(C)CCC(C)(C)C. The van der Waals surface area contributed by atoms with Crippen LogP contribution in [-0.2, 0) is 0 Å². The normalized spacial score (nSPS) is 13.5. The van der Waals surface area contributed by atoms with Crippen molar-refractivity contribution in [2.24, 2.45) is 16.7 Å². The van der Waals surface area contributed by atoms with Crippen molar-refractivity contribution in [3.63, 3.8) is 0 Å². The molecule has 0 saturated heterocycles. The van der Waals surface area contributed by atoms with E-state index < -0.39 is 0 Å². The monoisotopic (exact) mass is 227 g/mol. The number of hydrogen-bond acceptors (Lipinski definition) is 1. The maximum absolute atomic E-state index is 3.54. The Hall–Kier alpha value is -0.0400. The molecule has 1 heteroatoms. The van der Waals surface area contributed by atoms with Crippen LogP contribution in [0.25, 0.3) is 0 Å². The van der Waals surface area contributed by atoms with Gasteiger partial charge in [0.2, 0.25) is 0 Å². The highest BCUT2D eigenvalue weighted by atomic mass is 14.8. The van der Waals surface area contributed by atoms with Gasteiger partial charge in [0, 0.05) is 0 Å². The van der Waals surface area contributed by atoms with Gasteiger partial charge in [-0.15, -0.1) is 0 Å². The Morgan fingerprint density at radius 1 is 0.875 bits per heavy atom. The van der Waals surface area contributed by atoms with Crippen LogP contribution in [0.1, 0.15) is 67.7 Å². The van der Waals surface area contributed by atoms with Crippen molar-refractivity contribution in [1.29, 1.82) is 0 Å². The van der Waals surface area contributed by atoms with Crippen LogP contribution in [0, 0.1) is 16.7 Å². The molecule has 0 atom stereocenters. The number of nitrogens with one attached hydrogen (secondary N) is 1. The summed E-state index contributed by atoms with van der Waals surface area (Å²) in [6, 6.07) is 0. The average molecular weight is 227 g/mol. The first-order valence-corrected chi connectivity index (χ1v) is 6.83. The molecule has 0 unspecified atom stereocenters. The molecular weight excluding hydrogens is 194 g/mol. The van der Waals surface area contributed by atoms with Crippen LogP contribution in [0.2, 0.25) is 0 Å². The van der Waals surface area contributed by atoms with E-state index in [2.05, 4.69) is 53.8 Å². The smallest absolute Gasteiger partial charge is 0.00258 e. The molecule has 0 spiro atoms. The van der Waals surface area contributed by atoms with E-state index in [0.717, 1.165) is 19.0 Å². The second-order valence-electron chi connectivity index (χ2n) is 7.57.